The van der Waals surface area contributed by atoms with E-state index in [1.807, 2.05) is 12.1 Å². The van der Waals surface area contributed by atoms with Crippen molar-refractivity contribution in [2.45, 2.75) is 30.6 Å². The molecule has 0 saturated heterocycles. The SMILES string of the molecule is CCNC(=O)NC(=O)C(C)Sc1ccc(CO)cc1. The molecule has 3 amide bonds. The molecule has 0 spiro atoms. The number of carbonyl (C=O) groups is 2. The average molecular weight is 282 g/mol. The fraction of sp³-hybridized carbons (Fsp3) is 0.385. The molecule has 0 heterocycles. The molecule has 6 heteroatoms. The van der Waals surface area contributed by atoms with Crippen LogP contribution in [0.3, 0.4) is 0 Å². The summed E-state index contributed by atoms with van der Waals surface area (Å²) in [4.78, 5) is 23.8. The number of carbonyl (C=O) groups excluding carboxylic acids is 2. The Morgan fingerprint density at radius 2 is 1.95 bits per heavy atom. The third kappa shape index (κ3) is 5.32. The monoisotopic (exact) mass is 282 g/mol. The van der Waals surface area contributed by atoms with Crippen molar-refractivity contribution in [1.82, 2.24) is 10.6 Å². The molecule has 0 bridgehead atoms. The second-order valence-corrected chi connectivity index (χ2v) is 5.33. The van der Waals surface area contributed by atoms with Crippen LogP contribution in [0, 0.1) is 0 Å². The summed E-state index contributed by atoms with van der Waals surface area (Å²) in [5.41, 5.74) is 0.823. The van der Waals surface area contributed by atoms with Crippen molar-refractivity contribution in [1.29, 1.82) is 0 Å². The van der Waals surface area contributed by atoms with Crippen LogP contribution in [0.15, 0.2) is 29.2 Å². The lowest BCUT2D eigenvalue weighted by atomic mass is 10.2. The third-order valence-electron chi connectivity index (χ3n) is 2.36. The van der Waals surface area contributed by atoms with Crippen LogP contribution in [0.1, 0.15) is 19.4 Å². The normalized spacial score (nSPS) is 11.7. The number of benzene rings is 1. The average Bonchev–Trinajstić information content (AvgIpc) is 2.39. The van der Waals surface area contributed by atoms with E-state index in [4.69, 9.17) is 5.11 Å². The molecule has 0 aliphatic heterocycles. The Kier molecular flexibility index (Phi) is 6.38. The van der Waals surface area contributed by atoms with Gasteiger partial charge in [0.2, 0.25) is 5.91 Å². The first-order valence-electron chi connectivity index (χ1n) is 6.02. The van der Waals surface area contributed by atoms with Gasteiger partial charge in [0.1, 0.15) is 0 Å². The molecular weight excluding hydrogens is 264 g/mol. The van der Waals surface area contributed by atoms with E-state index in [1.165, 1.54) is 11.8 Å². The Morgan fingerprint density at radius 1 is 1.32 bits per heavy atom. The van der Waals surface area contributed by atoms with E-state index in [0.717, 1.165) is 10.5 Å². The highest BCUT2D eigenvalue weighted by atomic mass is 32.2. The lowest BCUT2D eigenvalue weighted by Crippen LogP contribution is -2.42. The van der Waals surface area contributed by atoms with Gasteiger partial charge in [0, 0.05) is 11.4 Å². The molecule has 1 unspecified atom stereocenters. The highest BCUT2D eigenvalue weighted by Crippen LogP contribution is 2.23. The molecule has 1 aromatic rings. The lowest BCUT2D eigenvalue weighted by Gasteiger charge is -2.11. The van der Waals surface area contributed by atoms with Gasteiger partial charge in [0.15, 0.2) is 0 Å². The predicted molar refractivity (Wildman–Crippen MR) is 74.9 cm³/mol. The zero-order valence-electron chi connectivity index (χ0n) is 11.0. The number of hydrogen-bond acceptors (Lipinski definition) is 4. The summed E-state index contributed by atoms with van der Waals surface area (Å²) in [7, 11) is 0. The van der Waals surface area contributed by atoms with Gasteiger partial charge >= 0.3 is 6.03 Å². The fourth-order valence-corrected chi connectivity index (χ4v) is 2.22. The maximum atomic E-state index is 11.7. The van der Waals surface area contributed by atoms with Crippen LogP contribution >= 0.6 is 11.8 Å². The molecule has 1 atom stereocenters. The molecule has 0 aliphatic rings. The van der Waals surface area contributed by atoms with E-state index in [1.54, 1.807) is 26.0 Å². The summed E-state index contributed by atoms with van der Waals surface area (Å²) in [5.74, 6) is -0.331. The molecule has 1 aromatic carbocycles. The highest BCUT2D eigenvalue weighted by Gasteiger charge is 2.16. The standard InChI is InChI=1S/C13H18N2O3S/c1-3-14-13(18)15-12(17)9(2)19-11-6-4-10(8-16)5-7-11/h4-7,9,16H,3,8H2,1-2H3,(H2,14,15,17,18). The molecule has 104 valence electrons. The fourth-order valence-electron chi connectivity index (χ4n) is 1.35. The molecule has 0 radical (unpaired) electrons. The van der Waals surface area contributed by atoms with Crippen molar-refractivity contribution in [3.05, 3.63) is 29.8 Å². The van der Waals surface area contributed by atoms with Gasteiger partial charge in [-0.1, -0.05) is 12.1 Å². The maximum Gasteiger partial charge on any atom is 0.321 e. The molecule has 19 heavy (non-hydrogen) atoms. The van der Waals surface area contributed by atoms with Crippen molar-refractivity contribution < 1.29 is 14.7 Å². The summed E-state index contributed by atoms with van der Waals surface area (Å²) < 4.78 is 0. The van der Waals surface area contributed by atoms with Gasteiger partial charge in [0.25, 0.3) is 0 Å². The number of imide groups is 1. The summed E-state index contributed by atoms with van der Waals surface area (Å²) in [5, 5.41) is 13.3. The quantitative estimate of drug-likeness (QED) is 0.715. The molecule has 0 saturated carbocycles. The number of aliphatic hydroxyl groups excluding tert-OH is 1. The van der Waals surface area contributed by atoms with Crippen molar-refractivity contribution in [3.63, 3.8) is 0 Å². The Morgan fingerprint density at radius 3 is 2.47 bits per heavy atom. The van der Waals surface area contributed by atoms with Crippen LogP contribution in [0.2, 0.25) is 0 Å². The summed E-state index contributed by atoms with van der Waals surface area (Å²) in [6.45, 7) is 3.99. The van der Waals surface area contributed by atoms with Crippen molar-refractivity contribution in [2.24, 2.45) is 0 Å². The minimum Gasteiger partial charge on any atom is -0.392 e. The first-order chi connectivity index (χ1) is 9.06. The zero-order valence-corrected chi connectivity index (χ0v) is 11.8. The first-order valence-corrected chi connectivity index (χ1v) is 6.90. The smallest absolute Gasteiger partial charge is 0.321 e. The third-order valence-corrected chi connectivity index (χ3v) is 3.47. The largest absolute Gasteiger partial charge is 0.392 e. The van der Waals surface area contributed by atoms with Gasteiger partial charge in [-0.05, 0) is 31.5 Å². The van der Waals surface area contributed by atoms with Crippen LogP contribution in [0.5, 0.6) is 0 Å². The Labute approximate surface area is 116 Å². The number of aliphatic hydroxyl groups is 1. The van der Waals surface area contributed by atoms with Crippen LogP contribution in [-0.2, 0) is 11.4 Å². The van der Waals surface area contributed by atoms with E-state index in [9.17, 15) is 9.59 Å². The highest BCUT2D eigenvalue weighted by molar-refractivity contribution is 8.00. The van der Waals surface area contributed by atoms with Crippen LogP contribution in [0.25, 0.3) is 0 Å². The number of hydrogen-bond donors (Lipinski definition) is 3. The predicted octanol–water partition coefficient (Wildman–Crippen LogP) is 1.51. The molecule has 3 N–H and O–H groups in total. The van der Waals surface area contributed by atoms with Crippen molar-refractivity contribution in [2.75, 3.05) is 6.54 Å². The summed E-state index contributed by atoms with van der Waals surface area (Å²) in [6.07, 6.45) is 0. The number of rotatable bonds is 5. The van der Waals surface area contributed by atoms with E-state index in [-0.39, 0.29) is 17.8 Å². The molecule has 0 aliphatic carbocycles. The van der Waals surface area contributed by atoms with Crippen molar-refractivity contribution >= 4 is 23.7 Å². The second kappa shape index (κ2) is 7.81. The maximum absolute atomic E-state index is 11.7. The Bertz CT molecular complexity index is 434. The van der Waals surface area contributed by atoms with Gasteiger partial charge in [-0.3, -0.25) is 10.1 Å². The van der Waals surface area contributed by atoms with Crippen molar-refractivity contribution in [3.8, 4) is 0 Å². The topological polar surface area (TPSA) is 78.4 Å². The summed E-state index contributed by atoms with van der Waals surface area (Å²) >= 11 is 1.36. The Balaban J connectivity index is 2.50. The minimum atomic E-state index is -0.476. The number of urea groups is 1. The lowest BCUT2D eigenvalue weighted by molar-refractivity contribution is -0.119. The molecule has 0 aromatic heterocycles. The van der Waals surface area contributed by atoms with Gasteiger partial charge in [-0.15, -0.1) is 11.8 Å². The van der Waals surface area contributed by atoms with Crippen LogP contribution in [0.4, 0.5) is 4.79 Å². The summed E-state index contributed by atoms with van der Waals surface area (Å²) in [6, 6.07) is 6.81. The van der Waals surface area contributed by atoms with E-state index >= 15 is 0 Å². The Hall–Kier alpha value is -1.53. The molecule has 1 rings (SSSR count). The van der Waals surface area contributed by atoms with E-state index in [2.05, 4.69) is 10.6 Å². The van der Waals surface area contributed by atoms with Crippen LogP contribution < -0.4 is 10.6 Å². The minimum absolute atomic E-state index is 0.00181. The van der Waals surface area contributed by atoms with E-state index < -0.39 is 6.03 Å². The number of nitrogens with one attached hydrogen (secondary N) is 2. The molecular formula is C13H18N2O3S. The van der Waals surface area contributed by atoms with Gasteiger partial charge < -0.3 is 10.4 Å². The van der Waals surface area contributed by atoms with E-state index in [0.29, 0.717) is 6.54 Å². The zero-order chi connectivity index (χ0) is 14.3. The van der Waals surface area contributed by atoms with Gasteiger partial charge in [0.05, 0.1) is 11.9 Å². The van der Waals surface area contributed by atoms with Gasteiger partial charge in [-0.2, -0.15) is 0 Å². The first kappa shape index (κ1) is 15.5. The van der Waals surface area contributed by atoms with Gasteiger partial charge in [-0.25, -0.2) is 4.79 Å². The number of thioether (sulfide) groups is 1. The molecule has 0 fully saturated rings. The second-order valence-electron chi connectivity index (χ2n) is 3.91. The van der Waals surface area contributed by atoms with Crippen LogP contribution in [-0.4, -0.2) is 28.8 Å². The molecule has 5 nitrogen and oxygen atoms in total. The number of amides is 3.